The summed E-state index contributed by atoms with van der Waals surface area (Å²) in [6.07, 6.45) is 9.51. The van der Waals surface area contributed by atoms with Gasteiger partial charge in [-0.3, -0.25) is 0 Å². The summed E-state index contributed by atoms with van der Waals surface area (Å²) in [5.41, 5.74) is 1.59. The van der Waals surface area contributed by atoms with Crippen LogP contribution in [0.2, 0.25) is 0 Å². The first kappa shape index (κ1) is 11.3. The highest BCUT2D eigenvalue weighted by molar-refractivity contribution is 5.04. The van der Waals surface area contributed by atoms with E-state index in [1.54, 1.807) is 5.57 Å². The second-order valence-electron chi connectivity index (χ2n) is 4.27. The standard InChI is InChI=1S/C13H21N/c1-3-11(4-2)9-12-5-7-13(10-14)8-6-12/h9,12-13H,3-8H2,1-2H3. The molecule has 0 aromatic carbocycles. The number of hydrogen-bond acceptors (Lipinski definition) is 1. The van der Waals surface area contributed by atoms with Gasteiger partial charge in [-0.25, -0.2) is 0 Å². The molecule has 1 fully saturated rings. The van der Waals surface area contributed by atoms with Gasteiger partial charge in [-0.1, -0.05) is 25.5 Å². The van der Waals surface area contributed by atoms with Gasteiger partial charge in [-0.2, -0.15) is 5.26 Å². The van der Waals surface area contributed by atoms with Crippen LogP contribution in [0, 0.1) is 23.2 Å². The molecule has 0 unspecified atom stereocenters. The zero-order valence-electron chi connectivity index (χ0n) is 9.42. The Balaban J connectivity index is 2.42. The number of nitriles is 1. The van der Waals surface area contributed by atoms with E-state index in [4.69, 9.17) is 5.26 Å². The minimum atomic E-state index is 0.339. The Morgan fingerprint density at radius 3 is 2.21 bits per heavy atom. The molecular weight excluding hydrogens is 170 g/mol. The van der Waals surface area contributed by atoms with Crippen LogP contribution in [0.4, 0.5) is 0 Å². The molecule has 0 spiro atoms. The van der Waals surface area contributed by atoms with Crippen molar-refractivity contribution in [1.29, 1.82) is 5.26 Å². The third-order valence-corrected chi connectivity index (χ3v) is 3.33. The molecule has 0 amide bonds. The summed E-state index contributed by atoms with van der Waals surface area (Å²) in [5, 5.41) is 8.79. The van der Waals surface area contributed by atoms with Crippen LogP contribution in [0.1, 0.15) is 52.4 Å². The van der Waals surface area contributed by atoms with Gasteiger partial charge in [0.2, 0.25) is 0 Å². The number of rotatable bonds is 3. The molecule has 0 bridgehead atoms. The fourth-order valence-electron chi connectivity index (χ4n) is 2.23. The molecule has 14 heavy (non-hydrogen) atoms. The molecule has 1 aliphatic carbocycles. The van der Waals surface area contributed by atoms with E-state index in [2.05, 4.69) is 26.0 Å². The summed E-state index contributed by atoms with van der Waals surface area (Å²) in [5.74, 6) is 1.10. The van der Waals surface area contributed by atoms with E-state index in [0.717, 1.165) is 18.8 Å². The van der Waals surface area contributed by atoms with Crippen molar-refractivity contribution in [3.8, 4) is 6.07 Å². The number of hydrogen-bond donors (Lipinski definition) is 0. The predicted molar refractivity (Wildman–Crippen MR) is 59.7 cm³/mol. The minimum Gasteiger partial charge on any atom is -0.198 e. The van der Waals surface area contributed by atoms with E-state index in [0.29, 0.717) is 5.92 Å². The largest absolute Gasteiger partial charge is 0.198 e. The molecule has 0 aromatic heterocycles. The maximum Gasteiger partial charge on any atom is 0.0655 e. The van der Waals surface area contributed by atoms with Crippen molar-refractivity contribution in [1.82, 2.24) is 0 Å². The Morgan fingerprint density at radius 1 is 1.21 bits per heavy atom. The third-order valence-electron chi connectivity index (χ3n) is 3.33. The van der Waals surface area contributed by atoms with Crippen LogP contribution in [0.25, 0.3) is 0 Å². The lowest BCUT2D eigenvalue weighted by Crippen LogP contribution is -2.11. The topological polar surface area (TPSA) is 23.8 Å². The second kappa shape index (κ2) is 5.86. The monoisotopic (exact) mass is 191 g/mol. The highest BCUT2D eigenvalue weighted by Gasteiger charge is 2.19. The Hall–Kier alpha value is -0.770. The molecule has 1 rings (SSSR count). The normalized spacial score (nSPS) is 26.6. The van der Waals surface area contributed by atoms with Gasteiger partial charge in [0.25, 0.3) is 0 Å². The Labute approximate surface area is 87.8 Å². The maximum absolute atomic E-state index is 8.79. The molecule has 0 saturated heterocycles. The van der Waals surface area contributed by atoms with Gasteiger partial charge < -0.3 is 0 Å². The minimum absolute atomic E-state index is 0.339. The zero-order valence-corrected chi connectivity index (χ0v) is 9.42. The predicted octanol–water partition coefficient (Wildman–Crippen LogP) is 4.06. The second-order valence-corrected chi connectivity index (χ2v) is 4.27. The first-order valence-electron chi connectivity index (χ1n) is 5.89. The molecule has 78 valence electrons. The van der Waals surface area contributed by atoms with Gasteiger partial charge in [-0.05, 0) is 44.4 Å². The van der Waals surface area contributed by atoms with Crippen molar-refractivity contribution in [2.75, 3.05) is 0 Å². The van der Waals surface area contributed by atoms with Gasteiger partial charge in [-0.15, -0.1) is 0 Å². The van der Waals surface area contributed by atoms with E-state index >= 15 is 0 Å². The van der Waals surface area contributed by atoms with Crippen LogP contribution in [0.15, 0.2) is 11.6 Å². The lowest BCUT2D eigenvalue weighted by Gasteiger charge is -2.23. The first-order chi connectivity index (χ1) is 6.80. The van der Waals surface area contributed by atoms with Crippen molar-refractivity contribution in [3.63, 3.8) is 0 Å². The van der Waals surface area contributed by atoms with Gasteiger partial charge in [0.05, 0.1) is 6.07 Å². The van der Waals surface area contributed by atoms with Gasteiger partial charge in [0, 0.05) is 5.92 Å². The van der Waals surface area contributed by atoms with Crippen LogP contribution in [-0.2, 0) is 0 Å². The van der Waals surface area contributed by atoms with Gasteiger partial charge in [0.1, 0.15) is 0 Å². The van der Waals surface area contributed by atoms with Crippen molar-refractivity contribution in [3.05, 3.63) is 11.6 Å². The van der Waals surface area contributed by atoms with Crippen molar-refractivity contribution >= 4 is 0 Å². The molecule has 0 atom stereocenters. The summed E-state index contributed by atoms with van der Waals surface area (Å²) in [7, 11) is 0. The molecule has 1 saturated carbocycles. The smallest absolute Gasteiger partial charge is 0.0655 e. The lowest BCUT2D eigenvalue weighted by molar-refractivity contribution is 0.360. The lowest BCUT2D eigenvalue weighted by atomic mass is 9.81. The molecule has 0 aliphatic heterocycles. The molecule has 1 aliphatic rings. The zero-order chi connectivity index (χ0) is 10.4. The van der Waals surface area contributed by atoms with Crippen molar-refractivity contribution < 1.29 is 0 Å². The van der Waals surface area contributed by atoms with Gasteiger partial charge in [0.15, 0.2) is 0 Å². The van der Waals surface area contributed by atoms with Crippen molar-refractivity contribution in [2.45, 2.75) is 52.4 Å². The molecule has 1 nitrogen and oxygen atoms in total. The average molecular weight is 191 g/mol. The summed E-state index contributed by atoms with van der Waals surface area (Å²) >= 11 is 0. The van der Waals surface area contributed by atoms with E-state index < -0.39 is 0 Å². The molecule has 0 heterocycles. The van der Waals surface area contributed by atoms with E-state index in [1.165, 1.54) is 25.7 Å². The quantitative estimate of drug-likeness (QED) is 0.617. The highest BCUT2D eigenvalue weighted by Crippen LogP contribution is 2.30. The third kappa shape index (κ3) is 3.18. The molecule has 0 aromatic rings. The maximum atomic E-state index is 8.79. The number of nitrogens with zero attached hydrogens (tertiary/aromatic N) is 1. The SMILES string of the molecule is CCC(=CC1CCC(C#N)CC1)CC. The Kier molecular flexibility index (Phi) is 4.73. The summed E-state index contributed by atoms with van der Waals surface area (Å²) in [6, 6.07) is 2.39. The molecule has 1 heteroatoms. The average Bonchev–Trinajstić information content (AvgIpc) is 2.26. The summed E-state index contributed by atoms with van der Waals surface area (Å²) < 4.78 is 0. The van der Waals surface area contributed by atoms with Crippen LogP contribution in [0.5, 0.6) is 0 Å². The first-order valence-corrected chi connectivity index (χ1v) is 5.89. The Morgan fingerprint density at radius 2 is 1.79 bits per heavy atom. The van der Waals surface area contributed by atoms with Crippen molar-refractivity contribution in [2.24, 2.45) is 11.8 Å². The van der Waals surface area contributed by atoms with E-state index in [1.807, 2.05) is 0 Å². The van der Waals surface area contributed by atoms with Gasteiger partial charge >= 0.3 is 0 Å². The van der Waals surface area contributed by atoms with Crippen LogP contribution in [-0.4, -0.2) is 0 Å². The number of allylic oxidation sites excluding steroid dienone is 2. The van der Waals surface area contributed by atoms with E-state index in [-0.39, 0.29) is 0 Å². The summed E-state index contributed by atoms with van der Waals surface area (Å²) in [6.45, 7) is 4.46. The van der Waals surface area contributed by atoms with Crippen LogP contribution >= 0.6 is 0 Å². The fourth-order valence-corrected chi connectivity index (χ4v) is 2.23. The molecular formula is C13H21N. The Bertz CT molecular complexity index is 220. The molecule has 0 radical (unpaired) electrons. The highest BCUT2D eigenvalue weighted by atomic mass is 14.3. The van der Waals surface area contributed by atoms with Crippen LogP contribution < -0.4 is 0 Å². The molecule has 0 N–H and O–H groups in total. The van der Waals surface area contributed by atoms with Crippen LogP contribution in [0.3, 0.4) is 0 Å². The fraction of sp³-hybridized carbons (Fsp3) is 0.769. The van der Waals surface area contributed by atoms with E-state index in [9.17, 15) is 0 Å². The summed E-state index contributed by atoms with van der Waals surface area (Å²) in [4.78, 5) is 0.